The van der Waals surface area contributed by atoms with Crippen LogP contribution in [0, 0.1) is 19.8 Å². The van der Waals surface area contributed by atoms with Gasteiger partial charge in [0.25, 0.3) is 0 Å². The van der Waals surface area contributed by atoms with Crippen molar-refractivity contribution in [2.75, 3.05) is 13.1 Å². The Hall–Kier alpha value is -1.61. The first kappa shape index (κ1) is 14.3. The summed E-state index contributed by atoms with van der Waals surface area (Å²) in [6.07, 6.45) is 6.60. The Labute approximate surface area is 127 Å². The molecule has 0 radical (unpaired) electrons. The van der Waals surface area contributed by atoms with E-state index >= 15 is 0 Å². The van der Waals surface area contributed by atoms with Crippen molar-refractivity contribution in [3.63, 3.8) is 0 Å². The highest BCUT2D eigenvalue weighted by Crippen LogP contribution is 2.21. The molecule has 3 rings (SSSR count). The summed E-state index contributed by atoms with van der Waals surface area (Å²) in [5.74, 6) is 1.93. The molecular weight excluding hydrogens is 258 g/mol. The second-order valence-corrected chi connectivity index (χ2v) is 6.27. The number of hydrogen-bond acceptors (Lipinski definition) is 2. The molecule has 21 heavy (non-hydrogen) atoms. The number of aromatic nitrogens is 2. The molecule has 1 aromatic heterocycles. The minimum atomic E-state index is 0.797. The molecule has 0 amide bonds. The van der Waals surface area contributed by atoms with Gasteiger partial charge in [-0.05, 0) is 56.8 Å². The monoisotopic (exact) mass is 283 g/mol. The molecule has 0 bridgehead atoms. The molecular formula is C18H25N3. The Bertz CT molecular complexity index is 580. The molecule has 0 aliphatic carbocycles. The van der Waals surface area contributed by atoms with Gasteiger partial charge in [0.1, 0.15) is 5.82 Å². The Morgan fingerprint density at radius 1 is 1.14 bits per heavy atom. The predicted octanol–water partition coefficient (Wildman–Crippen LogP) is 3.41. The van der Waals surface area contributed by atoms with E-state index in [1.165, 1.54) is 37.1 Å². The molecule has 0 N–H and O–H groups in total. The second-order valence-electron chi connectivity index (χ2n) is 6.27. The third-order valence-corrected chi connectivity index (χ3v) is 4.74. The Morgan fingerprint density at radius 3 is 2.57 bits per heavy atom. The van der Waals surface area contributed by atoms with Crippen LogP contribution in [0.3, 0.4) is 0 Å². The highest BCUT2D eigenvalue weighted by Gasteiger charge is 2.20. The van der Waals surface area contributed by atoms with Crippen LogP contribution in [0.1, 0.15) is 29.8 Å². The molecule has 1 saturated heterocycles. The fourth-order valence-electron chi connectivity index (χ4n) is 3.23. The van der Waals surface area contributed by atoms with E-state index in [1.54, 1.807) is 0 Å². The number of benzene rings is 1. The number of likely N-dealkylation sites (tertiary alicyclic amines) is 1. The standard InChI is InChI=1S/C18H25N3/c1-15-5-3-4-6-18(15)14-20-10-7-17(8-11-20)13-21-12-9-19-16(21)2/h3-6,9,12,17H,7-8,10-11,13-14H2,1-2H3. The summed E-state index contributed by atoms with van der Waals surface area (Å²) < 4.78 is 2.29. The van der Waals surface area contributed by atoms with Crippen LogP contribution in [0.2, 0.25) is 0 Å². The lowest BCUT2D eigenvalue weighted by Crippen LogP contribution is -2.34. The van der Waals surface area contributed by atoms with Crippen molar-refractivity contribution in [1.82, 2.24) is 14.5 Å². The highest BCUT2D eigenvalue weighted by molar-refractivity contribution is 5.25. The van der Waals surface area contributed by atoms with Crippen LogP contribution in [-0.2, 0) is 13.1 Å². The third-order valence-electron chi connectivity index (χ3n) is 4.74. The molecule has 2 heterocycles. The molecule has 1 aromatic carbocycles. The quantitative estimate of drug-likeness (QED) is 0.857. The van der Waals surface area contributed by atoms with E-state index in [2.05, 4.69) is 58.8 Å². The lowest BCUT2D eigenvalue weighted by molar-refractivity contribution is 0.166. The lowest BCUT2D eigenvalue weighted by Gasteiger charge is -2.32. The zero-order chi connectivity index (χ0) is 14.7. The van der Waals surface area contributed by atoms with Crippen molar-refractivity contribution >= 4 is 0 Å². The van der Waals surface area contributed by atoms with Gasteiger partial charge >= 0.3 is 0 Å². The van der Waals surface area contributed by atoms with Crippen LogP contribution < -0.4 is 0 Å². The van der Waals surface area contributed by atoms with Gasteiger partial charge in [-0.25, -0.2) is 4.98 Å². The Balaban J connectivity index is 1.51. The van der Waals surface area contributed by atoms with Crippen LogP contribution >= 0.6 is 0 Å². The van der Waals surface area contributed by atoms with E-state index in [9.17, 15) is 0 Å². The van der Waals surface area contributed by atoms with Gasteiger partial charge < -0.3 is 4.57 Å². The van der Waals surface area contributed by atoms with Crippen molar-refractivity contribution < 1.29 is 0 Å². The first-order chi connectivity index (χ1) is 10.2. The van der Waals surface area contributed by atoms with Gasteiger partial charge in [-0.2, -0.15) is 0 Å². The first-order valence-corrected chi connectivity index (χ1v) is 7.97. The van der Waals surface area contributed by atoms with Gasteiger partial charge in [-0.15, -0.1) is 0 Å². The lowest BCUT2D eigenvalue weighted by atomic mass is 9.96. The normalized spacial score (nSPS) is 17.2. The minimum absolute atomic E-state index is 0.797. The van der Waals surface area contributed by atoms with Gasteiger partial charge in [0.15, 0.2) is 0 Å². The molecule has 112 valence electrons. The largest absolute Gasteiger partial charge is 0.335 e. The number of imidazole rings is 1. The van der Waals surface area contributed by atoms with E-state index < -0.39 is 0 Å². The van der Waals surface area contributed by atoms with E-state index in [4.69, 9.17) is 0 Å². The maximum atomic E-state index is 4.32. The van der Waals surface area contributed by atoms with Gasteiger partial charge in [0, 0.05) is 25.5 Å². The van der Waals surface area contributed by atoms with Crippen molar-refractivity contribution in [1.29, 1.82) is 0 Å². The molecule has 0 unspecified atom stereocenters. The van der Waals surface area contributed by atoms with Crippen molar-refractivity contribution in [2.24, 2.45) is 5.92 Å². The number of piperidine rings is 1. The van der Waals surface area contributed by atoms with Crippen LogP contribution in [0.4, 0.5) is 0 Å². The summed E-state index contributed by atoms with van der Waals surface area (Å²) in [6, 6.07) is 8.75. The molecule has 0 saturated carbocycles. The van der Waals surface area contributed by atoms with Crippen LogP contribution in [-0.4, -0.2) is 27.5 Å². The first-order valence-electron chi connectivity index (χ1n) is 7.97. The molecule has 3 nitrogen and oxygen atoms in total. The Kier molecular flexibility index (Phi) is 4.39. The summed E-state index contributed by atoms with van der Waals surface area (Å²) in [6.45, 7) is 8.96. The maximum absolute atomic E-state index is 4.32. The molecule has 3 heteroatoms. The SMILES string of the molecule is Cc1ccccc1CN1CCC(Cn2ccnc2C)CC1. The van der Waals surface area contributed by atoms with Crippen molar-refractivity contribution in [3.05, 3.63) is 53.6 Å². The van der Waals surface area contributed by atoms with E-state index in [0.29, 0.717) is 0 Å². The highest BCUT2D eigenvalue weighted by atomic mass is 15.1. The zero-order valence-corrected chi connectivity index (χ0v) is 13.1. The summed E-state index contributed by atoms with van der Waals surface area (Å²) in [7, 11) is 0. The topological polar surface area (TPSA) is 21.1 Å². The smallest absolute Gasteiger partial charge is 0.105 e. The van der Waals surface area contributed by atoms with E-state index in [0.717, 1.165) is 24.8 Å². The molecule has 0 atom stereocenters. The summed E-state index contributed by atoms with van der Waals surface area (Å²) >= 11 is 0. The van der Waals surface area contributed by atoms with Gasteiger partial charge in [0.2, 0.25) is 0 Å². The minimum Gasteiger partial charge on any atom is -0.335 e. The summed E-state index contributed by atoms with van der Waals surface area (Å²) in [4.78, 5) is 6.91. The van der Waals surface area contributed by atoms with E-state index in [1.807, 2.05) is 6.20 Å². The van der Waals surface area contributed by atoms with Crippen molar-refractivity contribution in [3.8, 4) is 0 Å². The molecule has 2 aromatic rings. The van der Waals surface area contributed by atoms with Crippen LogP contribution in [0.5, 0.6) is 0 Å². The molecule has 1 aliphatic heterocycles. The average Bonchev–Trinajstić information content (AvgIpc) is 2.89. The van der Waals surface area contributed by atoms with Gasteiger partial charge in [0.05, 0.1) is 0 Å². The van der Waals surface area contributed by atoms with Gasteiger partial charge in [-0.3, -0.25) is 4.90 Å². The fraction of sp³-hybridized carbons (Fsp3) is 0.500. The summed E-state index contributed by atoms with van der Waals surface area (Å²) in [5, 5.41) is 0. The molecule has 1 fully saturated rings. The zero-order valence-electron chi connectivity index (χ0n) is 13.1. The van der Waals surface area contributed by atoms with Crippen LogP contribution in [0.25, 0.3) is 0 Å². The van der Waals surface area contributed by atoms with Crippen molar-refractivity contribution in [2.45, 2.75) is 39.8 Å². The average molecular weight is 283 g/mol. The molecule has 0 spiro atoms. The summed E-state index contributed by atoms with van der Waals surface area (Å²) in [5.41, 5.74) is 2.88. The molecule has 1 aliphatic rings. The predicted molar refractivity (Wildman–Crippen MR) is 86.1 cm³/mol. The van der Waals surface area contributed by atoms with Gasteiger partial charge in [-0.1, -0.05) is 24.3 Å². The number of rotatable bonds is 4. The number of aryl methyl sites for hydroxylation is 2. The number of hydrogen-bond donors (Lipinski definition) is 0. The van der Waals surface area contributed by atoms with Crippen LogP contribution in [0.15, 0.2) is 36.7 Å². The maximum Gasteiger partial charge on any atom is 0.105 e. The number of nitrogens with zero attached hydrogens (tertiary/aromatic N) is 3. The van der Waals surface area contributed by atoms with E-state index in [-0.39, 0.29) is 0 Å². The Morgan fingerprint density at radius 2 is 1.90 bits per heavy atom. The fourth-order valence-corrected chi connectivity index (χ4v) is 3.23. The second kappa shape index (κ2) is 6.44. The third kappa shape index (κ3) is 3.53.